The normalized spacial score (nSPS) is 13.4. The summed E-state index contributed by atoms with van der Waals surface area (Å²) in [7, 11) is 7.92. The van der Waals surface area contributed by atoms with Crippen molar-refractivity contribution in [2.45, 2.75) is 38.3 Å². The molecule has 1 unspecified atom stereocenters. The Bertz CT molecular complexity index is 371. The second kappa shape index (κ2) is 6.92. The summed E-state index contributed by atoms with van der Waals surface area (Å²) < 4.78 is 5.48. The first-order valence-corrected chi connectivity index (χ1v) is 6.89. The molecule has 1 aromatic rings. The molecule has 0 aliphatic heterocycles. The number of benzene rings is 1. The Balaban J connectivity index is 2.69. The van der Waals surface area contributed by atoms with Crippen LogP contribution in [0, 0.1) is 0 Å². The Morgan fingerprint density at radius 2 is 1.79 bits per heavy atom. The maximum atomic E-state index is 5.48. The molecular weight excluding hydrogens is 236 g/mol. The second-order valence-electron chi connectivity index (χ2n) is 5.83. The van der Waals surface area contributed by atoms with Crippen molar-refractivity contribution in [1.82, 2.24) is 5.32 Å². The van der Waals surface area contributed by atoms with Crippen LogP contribution in [0.3, 0.4) is 0 Å². The Kier molecular flexibility index (Phi) is 5.83. The maximum absolute atomic E-state index is 5.48. The van der Waals surface area contributed by atoms with Crippen LogP contribution in [-0.2, 0) is 4.74 Å². The van der Waals surface area contributed by atoms with E-state index >= 15 is 0 Å². The average Bonchev–Trinajstić information content (AvgIpc) is 2.40. The van der Waals surface area contributed by atoms with Crippen molar-refractivity contribution < 1.29 is 4.74 Å². The third kappa shape index (κ3) is 4.84. The van der Waals surface area contributed by atoms with Crippen LogP contribution >= 0.6 is 0 Å². The van der Waals surface area contributed by atoms with E-state index < -0.39 is 0 Å². The fourth-order valence-electron chi connectivity index (χ4n) is 2.08. The summed E-state index contributed by atoms with van der Waals surface area (Å²) in [5.41, 5.74) is 2.51. The molecule has 0 bridgehead atoms. The Labute approximate surface area is 118 Å². The van der Waals surface area contributed by atoms with Crippen LogP contribution in [0.25, 0.3) is 0 Å². The van der Waals surface area contributed by atoms with Gasteiger partial charge in [-0.25, -0.2) is 0 Å². The highest BCUT2D eigenvalue weighted by Gasteiger charge is 2.19. The van der Waals surface area contributed by atoms with Gasteiger partial charge in [-0.15, -0.1) is 0 Å². The third-order valence-corrected chi connectivity index (χ3v) is 3.75. The number of anilines is 1. The van der Waals surface area contributed by atoms with E-state index in [1.165, 1.54) is 11.3 Å². The maximum Gasteiger partial charge on any atom is 0.0623 e. The van der Waals surface area contributed by atoms with Gasteiger partial charge in [-0.05, 0) is 51.4 Å². The van der Waals surface area contributed by atoms with E-state index in [0.717, 1.165) is 12.8 Å². The van der Waals surface area contributed by atoms with Crippen LogP contribution < -0.4 is 10.2 Å². The number of nitrogens with zero attached hydrogens (tertiary/aromatic N) is 1. The quantitative estimate of drug-likeness (QED) is 0.818. The largest absolute Gasteiger partial charge is 0.379 e. The third-order valence-electron chi connectivity index (χ3n) is 3.75. The summed E-state index contributed by atoms with van der Waals surface area (Å²) >= 11 is 0. The van der Waals surface area contributed by atoms with Crippen LogP contribution in [0.1, 0.15) is 38.3 Å². The molecule has 0 amide bonds. The van der Waals surface area contributed by atoms with Crippen molar-refractivity contribution >= 4 is 5.69 Å². The Hall–Kier alpha value is -1.06. The molecule has 0 saturated heterocycles. The van der Waals surface area contributed by atoms with Crippen molar-refractivity contribution in [3.63, 3.8) is 0 Å². The zero-order chi connectivity index (χ0) is 14.5. The number of nitrogens with one attached hydrogen (secondary N) is 1. The molecule has 0 heterocycles. The van der Waals surface area contributed by atoms with Crippen LogP contribution in [0.4, 0.5) is 5.69 Å². The van der Waals surface area contributed by atoms with E-state index in [0.29, 0.717) is 6.04 Å². The van der Waals surface area contributed by atoms with Gasteiger partial charge in [0.2, 0.25) is 0 Å². The monoisotopic (exact) mass is 264 g/mol. The number of hydrogen-bond acceptors (Lipinski definition) is 3. The summed E-state index contributed by atoms with van der Waals surface area (Å²) in [5.74, 6) is 0. The van der Waals surface area contributed by atoms with E-state index in [9.17, 15) is 0 Å². The van der Waals surface area contributed by atoms with Gasteiger partial charge in [-0.1, -0.05) is 12.1 Å². The molecule has 0 saturated carbocycles. The molecule has 108 valence electrons. The minimum absolute atomic E-state index is 0.0569. The predicted octanol–water partition coefficient (Wildman–Crippen LogP) is 3.22. The number of methoxy groups -OCH3 is 1. The summed E-state index contributed by atoms with van der Waals surface area (Å²) in [6, 6.07) is 9.13. The lowest BCUT2D eigenvalue weighted by molar-refractivity contribution is 0.0118. The molecule has 3 heteroatoms. The zero-order valence-electron chi connectivity index (χ0n) is 13.2. The molecule has 0 fully saturated rings. The molecule has 0 aliphatic carbocycles. The molecule has 1 aromatic carbocycles. The molecule has 0 aliphatic rings. The SMILES string of the molecule is CNC(CCC(C)(C)OC)c1ccc(N(C)C)cc1. The number of rotatable bonds is 7. The van der Waals surface area contributed by atoms with Gasteiger partial charge in [0, 0.05) is 32.9 Å². The van der Waals surface area contributed by atoms with E-state index in [2.05, 4.69) is 62.4 Å². The minimum Gasteiger partial charge on any atom is -0.379 e. The van der Waals surface area contributed by atoms with E-state index in [1.807, 2.05) is 7.05 Å². The van der Waals surface area contributed by atoms with Crippen LogP contribution in [0.15, 0.2) is 24.3 Å². The Morgan fingerprint density at radius 1 is 1.21 bits per heavy atom. The minimum atomic E-state index is -0.0569. The molecule has 19 heavy (non-hydrogen) atoms. The standard InChI is InChI=1S/C16H28N2O/c1-16(2,19-6)12-11-15(17-3)13-7-9-14(10-8-13)18(4)5/h7-10,15,17H,11-12H2,1-6H3. The Morgan fingerprint density at radius 3 is 2.21 bits per heavy atom. The average molecular weight is 264 g/mol. The lowest BCUT2D eigenvalue weighted by atomic mass is 9.95. The summed E-state index contributed by atoms with van der Waals surface area (Å²) in [6.07, 6.45) is 2.10. The fraction of sp³-hybridized carbons (Fsp3) is 0.625. The highest BCUT2D eigenvalue weighted by molar-refractivity contribution is 5.46. The second-order valence-corrected chi connectivity index (χ2v) is 5.83. The predicted molar refractivity (Wildman–Crippen MR) is 82.9 cm³/mol. The van der Waals surface area contributed by atoms with Crippen molar-refractivity contribution in [3.05, 3.63) is 29.8 Å². The van der Waals surface area contributed by atoms with Crippen molar-refractivity contribution in [2.75, 3.05) is 33.2 Å². The van der Waals surface area contributed by atoms with Gasteiger partial charge in [0.15, 0.2) is 0 Å². The van der Waals surface area contributed by atoms with Gasteiger partial charge in [0.05, 0.1) is 5.60 Å². The van der Waals surface area contributed by atoms with Gasteiger partial charge in [0.1, 0.15) is 0 Å². The molecule has 0 spiro atoms. The highest BCUT2D eigenvalue weighted by Crippen LogP contribution is 2.25. The highest BCUT2D eigenvalue weighted by atomic mass is 16.5. The van der Waals surface area contributed by atoms with Crippen molar-refractivity contribution in [3.8, 4) is 0 Å². The number of hydrogen-bond donors (Lipinski definition) is 1. The topological polar surface area (TPSA) is 24.5 Å². The van der Waals surface area contributed by atoms with Gasteiger partial charge in [-0.3, -0.25) is 0 Å². The molecule has 0 aromatic heterocycles. The molecular formula is C16H28N2O. The van der Waals surface area contributed by atoms with Gasteiger partial charge in [0.25, 0.3) is 0 Å². The van der Waals surface area contributed by atoms with Crippen LogP contribution in [0.2, 0.25) is 0 Å². The molecule has 1 N–H and O–H groups in total. The van der Waals surface area contributed by atoms with E-state index in [1.54, 1.807) is 7.11 Å². The lowest BCUT2D eigenvalue weighted by Gasteiger charge is -2.26. The fourth-order valence-corrected chi connectivity index (χ4v) is 2.08. The molecule has 1 rings (SSSR count). The molecule has 3 nitrogen and oxygen atoms in total. The van der Waals surface area contributed by atoms with Crippen LogP contribution in [0.5, 0.6) is 0 Å². The first-order valence-electron chi connectivity index (χ1n) is 6.89. The van der Waals surface area contributed by atoms with Gasteiger partial charge < -0.3 is 15.0 Å². The lowest BCUT2D eigenvalue weighted by Crippen LogP contribution is -2.26. The smallest absolute Gasteiger partial charge is 0.0623 e. The van der Waals surface area contributed by atoms with Crippen molar-refractivity contribution in [2.24, 2.45) is 0 Å². The van der Waals surface area contributed by atoms with E-state index in [4.69, 9.17) is 4.74 Å². The van der Waals surface area contributed by atoms with Gasteiger partial charge >= 0.3 is 0 Å². The molecule has 1 atom stereocenters. The summed E-state index contributed by atoms with van der Waals surface area (Å²) in [5, 5.41) is 3.39. The molecule has 0 radical (unpaired) electrons. The van der Waals surface area contributed by atoms with E-state index in [-0.39, 0.29) is 5.60 Å². The number of ether oxygens (including phenoxy) is 1. The zero-order valence-corrected chi connectivity index (χ0v) is 13.2. The van der Waals surface area contributed by atoms with Crippen molar-refractivity contribution in [1.29, 1.82) is 0 Å². The first kappa shape index (κ1) is 16.0. The summed E-state index contributed by atoms with van der Waals surface area (Å²) in [4.78, 5) is 2.12. The van der Waals surface area contributed by atoms with Gasteiger partial charge in [-0.2, -0.15) is 0 Å². The van der Waals surface area contributed by atoms with Crippen LogP contribution in [-0.4, -0.2) is 33.9 Å². The summed E-state index contributed by atoms with van der Waals surface area (Å²) in [6.45, 7) is 4.27. The first-order chi connectivity index (χ1) is 8.89.